The number of thioether (sulfide) groups is 1. The number of aryl methyl sites for hydroxylation is 1. The van der Waals surface area contributed by atoms with E-state index in [0.29, 0.717) is 29.1 Å². The molecule has 172 valence electrons. The van der Waals surface area contributed by atoms with Crippen molar-refractivity contribution in [3.05, 3.63) is 66.1 Å². The van der Waals surface area contributed by atoms with Crippen LogP contribution in [0.5, 0.6) is 0 Å². The van der Waals surface area contributed by atoms with Crippen LogP contribution in [0.4, 0.5) is 5.69 Å². The summed E-state index contributed by atoms with van der Waals surface area (Å²) in [6, 6.07) is 15.8. The first-order valence-corrected chi connectivity index (χ1v) is 12.6. The third-order valence-electron chi connectivity index (χ3n) is 5.06. The molecule has 1 aliphatic heterocycles. The summed E-state index contributed by atoms with van der Waals surface area (Å²) in [6.07, 6.45) is 0. The maximum atomic E-state index is 13.4. The van der Waals surface area contributed by atoms with Gasteiger partial charge in [0.25, 0.3) is 5.91 Å². The predicted octanol–water partition coefficient (Wildman–Crippen LogP) is 4.17. The number of aliphatic imine (C=N–C) groups is 1. The number of aromatic nitrogens is 1. The lowest BCUT2D eigenvalue weighted by Crippen LogP contribution is -2.33. The van der Waals surface area contributed by atoms with Gasteiger partial charge in [-0.15, -0.1) is 0 Å². The largest absolute Gasteiger partial charge is 0.441 e. The molecule has 1 saturated heterocycles. The van der Waals surface area contributed by atoms with Crippen LogP contribution in [0.25, 0.3) is 11.5 Å². The molecule has 2 aromatic carbocycles. The molecule has 1 unspecified atom stereocenters. The van der Waals surface area contributed by atoms with Crippen molar-refractivity contribution in [1.29, 1.82) is 0 Å². The average Bonchev–Trinajstić information content (AvgIpc) is 3.36. The number of carbonyl (C=O) groups is 1. The second kappa shape index (κ2) is 9.12. The summed E-state index contributed by atoms with van der Waals surface area (Å²) < 4.78 is 31.9. The number of benzene rings is 2. The molecule has 1 amide bonds. The normalized spacial score (nSPS) is 17.8. The minimum Gasteiger partial charge on any atom is -0.441 e. The number of nitrogens with zero attached hydrogens (tertiary/aromatic N) is 4. The topological polar surface area (TPSA) is 96.1 Å². The number of oxazole rings is 1. The van der Waals surface area contributed by atoms with Gasteiger partial charge in [0.15, 0.2) is 10.9 Å². The van der Waals surface area contributed by atoms with Gasteiger partial charge in [0.1, 0.15) is 5.76 Å². The zero-order valence-corrected chi connectivity index (χ0v) is 20.4. The fourth-order valence-electron chi connectivity index (χ4n) is 3.33. The Labute approximate surface area is 197 Å². The molecule has 2 heterocycles. The lowest BCUT2D eigenvalue weighted by atomic mass is 10.2. The van der Waals surface area contributed by atoms with Crippen LogP contribution in [-0.4, -0.2) is 59.6 Å². The zero-order chi connectivity index (χ0) is 23.8. The lowest BCUT2D eigenvalue weighted by molar-refractivity contribution is 0.0849. The summed E-state index contributed by atoms with van der Waals surface area (Å²) in [5.41, 5.74) is 1.48. The molecule has 0 aliphatic carbocycles. The minimum absolute atomic E-state index is 0.127. The van der Waals surface area contributed by atoms with Crippen LogP contribution in [0, 0.1) is 6.92 Å². The molecule has 4 rings (SSSR count). The van der Waals surface area contributed by atoms with Gasteiger partial charge in [0.2, 0.25) is 15.9 Å². The summed E-state index contributed by atoms with van der Waals surface area (Å²) in [5.74, 6) is 0.518. The molecule has 8 nitrogen and oxygen atoms in total. The first-order chi connectivity index (χ1) is 15.7. The Morgan fingerprint density at radius 1 is 1.18 bits per heavy atom. The highest BCUT2D eigenvalue weighted by Gasteiger charge is 2.34. The Balaban J connectivity index is 1.66. The average molecular weight is 485 g/mol. The van der Waals surface area contributed by atoms with Gasteiger partial charge in [-0.2, -0.15) is 0 Å². The molecule has 0 radical (unpaired) electrons. The number of hydrogen-bond donors (Lipinski definition) is 0. The second-order valence-corrected chi connectivity index (χ2v) is 11.4. The van der Waals surface area contributed by atoms with E-state index in [2.05, 4.69) is 9.98 Å². The number of carbonyl (C=O) groups excluding carboxylic acids is 1. The van der Waals surface area contributed by atoms with Crippen LogP contribution in [0.2, 0.25) is 0 Å². The van der Waals surface area contributed by atoms with Gasteiger partial charge in [-0.3, -0.25) is 9.69 Å². The second-order valence-electron chi connectivity index (χ2n) is 7.81. The van der Waals surface area contributed by atoms with Crippen molar-refractivity contribution in [2.45, 2.75) is 24.0 Å². The van der Waals surface area contributed by atoms with Crippen molar-refractivity contribution in [2.24, 2.45) is 4.99 Å². The van der Waals surface area contributed by atoms with Crippen molar-refractivity contribution in [1.82, 2.24) is 14.2 Å². The van der Waals surface area contributed by atoms with Crippen LogP contribution in [-0.2, 0) is 10.0 Å². The Hall–Kier alpha value is -2.95. The van der Waals surface area contributed by atoms with E-state index in [1.54, 1.807) is 24.0 Å². The molecular weight excluding hydrogens is 460 g/mol. The molecule has 33 heavy (non-hydrogen) atoms. The van der Waals surface area contributed by atoms with Gasteiger partial charge >= 0.3 is 0 Å². The van der Waals surface area contributed by atoms with E-state index in [-0.39, 0.29) is 21.7 Å². The summed E-state index contributed by atoms with van der Waals surface area (Å²) in [6.45, 7) is 4.18. The third kappa shape index (κ3) is 4.73. The van der Waals surface area contributed by atoms with Crippen LogP contribution in [0.15, 0.2) is 68.9 Å². The molecule has 1 aliphatic rings. The van der Waals surface area contributed by atoms with Crippen molar-refractivity contribution < 1.29 is 17.6 Å². The SMILES string of the molecule is Cc1oc(-c2ccccc2)nc1C(=O)N1CC(C)SC1=Nc1cccc(S(=O)(=O)N(C)C)c1. The van der Waals surface area contributed by atoms with Crippen molar-refractivity contribution >= 4 is 38.5 Å². The smallest absolute Gasteiger partial charge is 0.282 e. The van der Waals surface area contributed by atoms with Gasteiger partial charge in [-0.05, 0) is 37.3 Å². The van der Waals surface area contributed by atoms with Crippen LogP contribution in [0.1, 0.15) is 23.2 Å². The highest BCUT2D eigenvalue weighted by atomic mass is 32.2. The van der Waals surface area contributed by atoms with E-state index in [4.69, 9.17) is 4.42 Å². The molecule has 1 atom stereocenters. The summed E-state index contributed by atoms with van der Waals surface area (Å²) in [7, 11) is -0.634. The van der Waals surface area contributed by atoms with E-state index in [9.17, 15) is 13.2 Å². The highest BCUT2D eigenvalue weighted by molar-refractivity contribution is 8.14. The van der Waals surface area contributed by atoms with Gasteiger partial charge in [0, 0.05) is 31.5 Å². The Morgan fingerprint density at radius 2 is 1.91 bits per heavy atom. The fraction of sp³-hybridized carbons (Fsp3) is 0.261. The van der Waals surface area contributed by atoms with E-state index >= 15 is 0 Å². The van der Waals surface area contributed by atoms with Gasteiger partial charge in [0.05, 0.1) is 10.6 Å². The highest BCUT2D eigenvalue weighted by Crippen LogP contribution is 2.31. The predicted molar refractivity (Wildman–Crippen MR) is 129 cm³/mol. The molecule has 0 spiro atoms. The first-order valence-electron chi connectivity index (χ1n) is 10.3. The van der Waals surface area contributed by atoms with Crippen molar-refractivity contribution in [3.8, 4) is 11.5 Å². The molecule has 1 aromatic heterocycles. The number of amidine groups is 1. The molecule has 1 fully saturated rings. The van der Waals surface area contributed by atoms with E-state index in [0.717, 1.165) is 9.87 Å². The van der Waals surface area contributed by atoms with Gasteiger partial charge in [-0.25, -0.2) is 22.7 Å². The minimum atomic E-state index is -3.59. The monoisotopic (exact) mass is 484 g/mol. The summed E-state index contributed by atoms with van der Waals surface area (Å²) in [5, 5.41) is 0.623. The van der Waals surface area contributed by atoms with Crippen LogP contribution < -0.4 is 0 Å². The standard InChI is InChI=1S/C23H24N4O4S2/c1-15-14-27(22(28)20-16(2)31-21(25-20)17-9-6-5-7-10-17)23(32-15)24-18-11-8-12-19(13-18)33(29,30)26(3)4/h5-13,15H,14H2,1-4H3. The van der Waals surface area contributed by atoms with Gasteiger partial charge < -0.3 is 4.42 Å². The number of sulfonamides is 1. The molecule has 0 saturated carbocycles. The van der Waals surface area contributed by atoms with E-state index in [1.807, 2.05) is 37.3 Å². The summed E-state index contributed by atoms with van der Waals surface area (Å²) >= 11 is 1.46. The van der Waals surface area contributed by atoms with Crippen LogP contribution in [0.3, 0.4) is 0 Å². The maximum absolute atomic E-state index is 13.4. The van der Waals surface area contributed by atoms with Gasteiger partial charge in [-0.1, -0.05) is 43.0 Å². The quantitative estimate of drug-likeness (QED) is 0.539. The zero-order valence-electron chi connectivity index (χ0n) is 18.7. The third-order valence-corrected chi connectivity index (χ3v) is 7.95. The molecule has 0 bridgehead atoms. The Kier molecular flexibility index (Phi) is 6.42. The first kappa shape index (κ1) is 23.2. The number of rotatable bonds is 5. The molecular formula is C23H24N4O4S2. The molecule has 3 aromatic rings. The maximum Gasteiger partial charge on any atom is 0.282 e. The summed E-state index contributed by atoms with van der Waals surface area (Å²) in [4.78, 5) is 24.2. The van der Waals surface area contributed by atoms with Crippen LogP contribution >= 0.6 is 11.8 Å². The van der Waals surface area contributed by atoms with Crippen molar-refractivity contribution in [3.63, 3.8) is 0 Å². The number of hydrogen-bond acceptors (Lipinski definition) is 7. The Bertz CT molecular complexity index is 1320. The Morgan fingerprint density at radius 3 is 2.61 bits per heavy atom. The lowest BCUT2D eigenvalue weighted by Gasteiger charge is -2.15. The van der Waals surface area contributed by atoms with Crippen molar-refractivity contribution in [2.75, 3.05) is 20.6 Å². The number of amides is 1. The molecule has 0 N–H and O–H groups in total. The molecule has 10 heteroatoms. The fourth-order valence-corrected chi connectivity index (χ4v) is 5.30. The van der Waals surface area contributed by atoms with E-state index in [1.165, 1.54) is 38.0 Å². The van der Waals surface area contributed by atoms with E-state index < -0.39 is 10.0 Å².